The summed E-state index contributed by atoms with van der Waals surface area (Å²) in [5, 5.41) is 16.5. The highest BCUT2D eigenvalue weighted by molar-refractivity contribution is 5.87. The molecule has 0 atom stereocenters. The van der Waals surface area contributed by atoms with E-state index in [9.17, 15) is 5.26 Å². The largest absolute Gasteiger partial charge is 0.368 e. The van der Waals surface area contributed by atoms with E-state index < -0.39 is 0 Å². The van der Waals surface area contributed by atoms with Gasteiger partial charge in [-0.3, -0.25) is 4.68 Å². The van der Waals surface area contributed by atoms with Gasteiger partial charge >= 0.3 is 0 Å². The van der Waals surface area contributed by atoms with E-state index in [1.54, 1.807) is 30.2 Å². The molecule has 2 aromatic heterocycles. The molecule has 0 amide bonds. The molecule has 2 heterocycles. The van der Waals surface area contributed by atoms with Crippen molar-refractivity contribution >= 4 is 29.2 Å². The molecule has 8 heteroatoms. The van der Waals surface area contributed by atoms with Gasteiger partial charge in [-0.05, 0) is 18.2 Å². The number of para-hydroxylation sites is 1. The lowest BCUT2D eigenvalue weighted by Crippen LogP contribution is -2.06. The number of hydrogen-bond acceptors (Lipinski definition) is 7. The molecule has 0 aliphatic heterocycles. The van der Waals surface area contributed by atoms with Crippen LogP contribution in [0.2, 0.25) is 0 Å². The molecule has 3 N–H and O–H groups in total. The van der Waals surface area contributed by atoms with Crippen molar-refractivity contribution in [1.29, 1.82) is 5.26 Å². The zero-order chi connectivity index (χ0) is 16.9. The molecule has 8 nitrogen and oxygen atoms in total. The minimum absolute atomic E-state index is 0.0331. The Morgan fingerprint density at radius 2 is 2.04 bits per heavy atom. The average molecular weight is 318 g/mol. The highest BCUT2D eigenvalue weighted by atomic mass is 15.2. The number of anilines is 3. The summed E-state index contributed by atoms with van der Waals surface area (Å²) in [6, 6.07) is 11.5. The van der Waals surface area contributed by atoms with Crippen LogP contribution < -0.4 is 11.1 Å². The molecule has 118 valence electrons. The Hall–Kier alpha value is -3.73. The lowest BCUT2D eigenvalue weighted by atomic mass is 10.2. The lowest BCUT2D eigenvalue weighted by Gasteiger charge is -2.06. The zero-order valence-corrected chi connectivity index (χ0v) is 12.9. The molecule has 24 heavy (non-hydrogen) atoms. The Kier molecular flexibility index (Phi) is 4.16. The highest BCUT2D eigenvalue weighted by Crippen LogP contribution is 2.18. The Labute approximate surface area is 138 Å². The van der Waals surface area contributed by atoms with Gasteiger partial charge in [0.1, 0.15) is 6.07 Å². The Bertz CT molecular complexity index is 921. The number of nitrogens with zero attached hydrogens (tertiary/aromatic N) is 6. The van der Waals surface area contributed by atoms with Crippen LogP contribution in [0.1, 0.15) is 11.4 Å². The quantitative estimate of drug-likeness (QED) is 0.706. The number of aryl methyl sites for hydroxylation is 1. The summed E-state index contributed by atoms with van der Waals surface area (Å²) < 4.78 is 1.64. The predicted molar refractivity (Wildman–Crippen MR) is 90.7 cm³/mol. The average Bonchev–Trinajstić information content (AvgIpc) is 2.98. The maximum absolute atomic E-state index is 9.41. The number of hydrogen-bond donors (Lipinski definition) is 2. The SMILES string of the molecule is Cn1cc(C=C(C#N)c2nc(N)nc(Nc3ccccc3)n2)cn1. The van der Waals surface area contributed by atoms with Crippen LogP contribution >= 0.6 is 0 Å². The molecule has 0 unspecified atom stereocenters. The summed E-state index contributed by atoms with van der Waals surface area (Å²) in [6.45, 7) is 0. The van der Waals surface area contributed by atoms with Crippen molar-refractivity contribution in [2.24, 2.45) is 7.05 Å². The van der Waals surface area contributed by atoms with Crippen LogP contribution in [0.15, 0.2) is 42.7 Å². The fourth-order valence-corrected chi connectivity index (χ4v) is 2.05. The lowest BCUT2D eigenvalue weighted by molar-refractivity contribution is 0.767. The second kappa shape index (κ2) is 6.58. The van der Waals surface area contributed by atoms with Gasteiger partial charge in [-0.1, -0.05) is 18.2 Å². The first kappa shape index (κ1) is 15.2. The molecule has 3 aromatic rings. The Balaban J connectivity index is 1.95. The van der Waals surface area contributed by atoms with Crippen LogP contribution in [0.4, 0.5) is 17.6 Å². The van der Waals surface area contributed by atoms with Crippen molar-refractivity contribution in [3.8, 4) is 6.07 Å². The van der Waals surface area contributed by atoms with Gasteiger partial charge in [0, 0.05) is 24.5 Å². The number of nitrogen functional groups attached to an aromatic ring is 1. The smallest absolute Gasteiger partial charge is 0.232 e. The van der Waals surface area contributed by atoms with E-state index in [1.807, 2.05) is 30.3 Å². The first-order chi connectivity index (χ1) is 11.6. The third-order valence-electron chi connectivity index (χ3n) is 3.08. The van der Waals surface area contributed by atoms with Gasteiger partial charge in [0.05, 0.1) is 11.8 Å². The summed E-state index contributed by atoms with van der Waals surface area (Å²) in [5.41, 5.74) is 7.60. The molecule has 0 aliphatic carbocycles. The zero-order valence-electron chi connectivity index (χ0n) is 12.9. The molecule has 0 fully saturated rings. The first-order valence-corrected chi connectivity index (χ1v) is 7.08. The van der Waals surface area contributed by atoms with Gasteiger partial charge in [0.25, 0.3) is 0 Å². The van der Waals surface area contributed by atoms with Gasteiger partial charge in [0.2, 0.25) is 11.9 Å². The van der Waals surface area contributed by atoms with E-state index >= 15 is 0 Å². The highest BCUT2D eigenvalue weighted by Gasteiger charge is 2.10. The van der Waals surface area contributed by atoms with E-state index in [1.165, 1.54) is 0 Å². The standard InChI is InChI=1S/C16H14N8/c1-24-10-11(9-19-24)7-12(8-17)14-21-15(18)23-16(22-14)20-13-5-3-2-4-6-13/h2-7,9-10H,1H3,(H3,18,20,21,22,23). The van der Waals surface area contributed by atoms with Crippen molar-refractivity contribution in [1.82, 2.24) is 24.7 Å². The van der Waals surface area contributed by atoms with Crippen molar-refractivity contribution in [2.45, 2.75) is 0 Å². The Morgan fingerprint density at radius 3 is 2.71 bits per heavy atom. The summed E-state index contributed by atoms with van der Waals surface area (Å²) in [6.07, 6.45) is 5.07. The van der Waals surface area contributed by atoms with Crippen LogP contribution in [0.3, 0.4) is 0 Å². The molecule has 3 rings (SSSR count). The summed E-state index contributed by atoms with van der Waals surface area (Å²) in [5.74, 6) is 0.508. The van der Waals surface area contributed by atoms with Gasteiger partial charge in [-0.25, -0.2) is 0 Å². The third-order valence-corrected chi connectivity index (χ3v) is 3.08. The van der Waals surface area contributed by atoms with E-state index in [2.05, 4.69) is 31.4 Å². The van der Waals surface area contributed by atoms with Crippen LogP contribution in [0, 0.1) is 11.3 Å². The number of benzene rings is 1. The Morgan fingerprint density at radius 1 is 1.25 bits per heavy atom. The van der Waals surface area contributed by atoms with E-state index in [-0.39, 0.29) is 23.3 Å². The van der Waals surface area contributed by atoms with Gasteiger partial charge in [-0.15, -0.1) is 0 Å². The topological polar surface area (TPSA) is 118 Å². The van der Waals surface area contributed by atoms with Crippen LogP contribution in [0.25, 0.3) is 11.6 Å². The number of allylic oxidation sites excluding steroid dienone is 1. The number of nitriles is 1. The van der Waals surface area contributed by atoms with E-state index in [0.29, 0.717) is 0 Å². The number of rotatable bonds is 4. The van der Waals surface area contributed by atoms with Crippen molar-refractivity contribution in [3.63, 3.8) is 0 Å². The normalized spacial score (nSPS) is 11.1. The van der Waals surface area contributed by atoms with Crippen LogP contribution in [-0.4, -0.2) is 24.7 Å². The van der Waals surface area contributed by atoms with Crippen molar-refractivity contribution in [3.05, 3.63) is 54.1 Å². The molecule has 0 bridgehead atoms. The number of nitrogens with two attached hydrogens (primary N) is 1. The molecule has 0 radical (unpaired) electrons. The van der Waals surface area contributed by atoms with Crippen LogP contribution in [-0.2, 0) is 7.05 Å². The second-order valence-corrected chi connectivity index (χ2v) is 4.95. The second-order valence-electron chi connectivity index (χ2n) is 4.95. The first-order valence-electron chi connectivity index (χ1n) is 7.08. The maximum atomic E-state index is 9.41. The predicted octanol–water partition coefficient (Wildman–Crippen LogP) is 2.00. The summed E-state index contributed by atoms with van der Waals surface area (Å²) >= 11 is 0. The molecule has 0 aliphatic rings. The molecular weight excluding hydrogens is 304 g/mol. The number of aromatic nitrogens is 5. The molecule has 0 saturated carbocycles. The minimum atomic E-state index is 0.0331. The monoisotopic (exact) mass is 318 g/mol. The maximum Gasteiger partial charge on any atom is 0.232 e. The fraction of sp³-hybridized carbons (Fsp3) is 0.0625. The number of nitrogens with one attached hydrogen (secondary N) is 1. The van der Waals surface area contributed by atoms with Crippen LogP contribution in [0.5, 0.6) is 0 Å². The molecule has 1 aromatic carbocycles. The van der Waals surface area contributed by atoms with E-state index in [4.69, 9.17) is 5.73 Å². The third kappa shape index (κ3) is 3.53. The summed E-state index contributed by atoms with van der Waals surface area (Å²) in [7, 11) is 1.80. The molecular formula is C16H14N8. The van der Waals surface area contributed by atoms with Crippen molar-refractivity contribution < 1.29 is 0 Å². The molecule has 0 spiro atoms. The molecule has 0 saturated heterocycles. The fourth-order valence-electron chi connectivity index (χ4n) is 2.05. The summed E-state index contributed by atoms with van der Waals surface area (Å²) in [4.78, 5) is 12.4. The van der Waals surface area contributed by atoms with Gasteiger partial charge in [0.15, 0.2) is 5.82 Å². The van der Waals surface area contributed by atoms with Gasteiger partial charge in [-0.2, -0.15) is 25.3 Å². The van der Waals surface area contributed by atoms with Crippen molar-refractivity contribution in [2.75, 3.05) is 11.1 Å². The minimum Gasteiger partial charge on any atom is -0.368 e. The van der Waals surface area contributed by atoms with E-state index in [0.717, 1.165) is 11.3 Å². The van der Waals surface area contributed by atoms with Gasteiger partial charge < -0.3 is 11.1 Å².